The van der Waals surface area contributed by atoms with Gasteiger partial charge in [0.25, 0.3) is 0 Å². The zero-order valence-corrected chi connectivity index (χ0v) is 19.3. The molecule has 5 heteroatoms. The third kappa shape index (κ3) is 16.4. The molecule has 0 unspecified atom stereocenters. The molecule has 1 heterocycles. The average Bonchev–Trinajstić information content (AvgIpc) is 3.13. The standard InChI is InChI=1S/C23H45N2O2.ClH/c1-3-5-7-9-11-13-15-19-26-22-24-17-18-25(21-24)23-27-20-16-14-12-10-8-6-4-2;/h17-18,21H,3-16,19-20,22-23H2,1-2H3;1H/q+1;/p-1. The number of unbranched alkanes of at least 4 members (excludes halogenated alkanes) is 12. The van der Waals surface area contributed by atoms with Crippen molar-refractivity contribution in [2.45, 2.75) is 117 Å². The smallest absolute Gasteiger partial charge is 0.247 e. The number of imidazole rings is 1. The lowest BCUT2D eigenvalue weighted by atomic mass is 10.1. The Bertz CT molecular complexity index is 390. The molecule has 0 saturated heterocycles. The van der Waals surface area contributed by atoms with Gasteiger partial charge in [0.1, 0.15) is 12.4 Å². The Morgan fingerprint density at radius 3 is 1.75 bits per heavy atom. The minimum Gasteiger partial charge on any atom is -1.00 e. The van der Waals surface area contributed by atoms with Crippen LogP contribution in [0.3, 0.4) is 0 Å². The first-order chi connectivity index (χ1) is 13.4. The SMILES string of the molecule is CCCCCCCCCOCn1cc[n+](COCCCCCCCCC)c1.[Cl-]. The summed E-state index contributed by atoms with van der Waals surface area (Å²) >= 11 is 0. The molecule has 166 valence electrons. The largest absolute Gasteiger partial charge is 1.00 e. The van der Waals surface area contributed by atoms with E-state index < -0.39 is 0 Å². The predicted octanol–water partition coefficient (Wildman–Crippen LogP) is 3.23. The Labute approximate surface area is 180 Å². The summed E-state index contributed by atoms with van der Waals surface area (Å²) in [5.74, 6) is 0. The van der Waals surface area contributed by atoms with Crippen LogP contribution in [0.1, 0.15) is 104 Å². The minimum atomic E-state index is 0. The Morgan fingerprint density at radius 1 is 0.679 bits per heavy atom. The van der Waals surface area contributed by atoms with Crippen molar-refractivity contribution in [1.82, 2.24) is 4.57 Å². The molecule has 1 aromatic rings. The normalized spacial score (nSPS) is 10.9. The van der Waals surface area contributed by atoms with Crippen LogP contribution >= 0.6 is 0 Å². The lowest BCUT2D eigenvalue weighted by Crippen LogP contribution is -3.00. The van der Waals surface area contributed by atoms with E-state index in [1.807, 2.05) is 0 Å². The van der Waals surface area contributed by atoms with E-state index in [1.165, 1.54) is 89.9 Å². The number of aromatic nitrogens is 2. The van der Waals surface area contributed by atoms with Gasteiger partial charge in [0.2, 0.25) is 6.33 Å². The van der Waals surface area contributed by atoms with E-state index in [2.05, 4.69) is 41.7 Å². The second kappa shape index (κ2) is 21.1. The Morgan fingerprint density at radius 2 is 1.18 bits per heavy atom. The fourth-order valence-corrected chi connectivity index (χ4v) is 3.25. The summed E-state index contributed by atoms with van der Waals surface area (Å²) in [6.45, 7) is 7.53. The quantitative estimate of drug-likeness (QED) is 0.241. The molecule has 0 aliphatic carbocycles. The van der Waals surface area contributed by atoms with Crippen molar-refractivity contribution < 1.29 is 26.4 Å². The molecule has 0 radical (unpaired) electrons. The molecular weight excluding hydrogens is 372 g/mol. The van der Waals surface area contributed by atoms with Gasteiger partial charge in [0.15, 0.2) is 13.5 Å². The van der Waals surface area contributed by atoms with Crippen LogP contribution in [0.2, 0.25) is 0 Å². The molecule has 0 N–H and O–H groups in total. The molecule has 0 fully saturated rings. The first-order valence-electron chi connectivity index (χ1n) is 11.6. The summed E-state index contributed by atoms with van der Waals surface area (Å²) in [7, 11) is 0. The number of nitrogens with zero attached hydrogens (tertiary/aromatic N) is 2. The number of hydrogen-bond acceptors (Lipinski definition) is 2. The van der Waals surface area contributed by atoms with Crippen molar-refractivity contribution in [2.75, 3.05) is 13.2 Å². The van der Waals surface area contributed by atoms with Crippen LogP contribution in [-0.2, 0) is 22.9 Å². The Balaban J connectivity index is 0.00000729. The van der Waals surface area contributed by atoms with Crippen molar-refractivity contribution in [2.24, 2.45) is 0 Å². The van der Waals surface area contributed by atoms with Crippen molar-refractivity contribution in [1.29, 1.82) is 0 Å². The number of hydrogen-bond donors (Lipinski definition) is 0. The highest BCUT2D eigenvalue weighted by atomic mass is 35.5. The maximum Gasteiger partial charge on any atom is 0.247 e. The monoisotopic (exact) mass is 416 g/mol. The number of ether oxygens (including phenoxy) is 2. The van der Waals surface area contributed by atoms with Gasteiger partial charge in [-0.1, -0.05) is 90.9 Å². The van der Waals surface area contributed by atoms with Crippen molar-refractivity contribution in [3.8, 4) is 0 Å². The predicted molar refractivity (Wildman–Crippen MR) is 113 cm³/mol. The molecule has 0 spiro atoms. The second-order valence-electron chi connectivity index (χ2n) is 7.76. The van der Waals surface area contributed by atoms with Gasteiger partial charge in [0.05, 0.1) is 13.2 Å². The molecule has 28 heavy (non-hydrogen) atoms. The molecule has 0 amide bonds. The Kier molecular flexibility index (Phi) is 20.7. The fraction of sp³-hybridized carbons (Fsp3) is 0.870. The van der Waals surface area contributed by atoms with Gasteiger partial charge >= 0.3 is 0 Å². The topological polar surface area (TPSA) is 27.3 Å². The molecule has 4 nitrogen and oxygen atoms in total. The van der Waals surface area contributed by atoms with Crippen LogP contribution in [0.15, 0.2) is 18.7 Å². The van der Waals surface area contributed by atoms with E-state index in [0.29, 0.717) is 13.5 Å². The van der Waals surface area contributed by atoms with Crippen LogP contribution in [0.25, 0.3) is 0 Å². The Hall–Kier alpha value is -0.580. The van der Waals surface area contributed by atoms with Crippen LogP contribution in [-0.4, -0.2) is 17.8 Å². The highest BCUT2D eigenvalue weighted by molar-refractivity contribution is 4.63. The van der Waals surface area contributed by atoms with E-state index in [9.17, 15) is 0 Å². The van der Waals surface area contributed by atoms with Gasteiger partial charge in [-0.2, -0.15) is 0 Å². The molecular formula is C23H45ClN2O2. The van der Waals surface area contributed by atoms with Gasteiger partial charge in [-0.15, -0.1) is 0 Å². The third-order valence-corrected chi connectivity index (χ3v) is 5.01. The van der Waals surface area contributed by atoms with E-state index in [-0.39, 0.29) is 12.4 Å². The molecule has 1 rings (SSSR count). The molecule has 0 aliphatic heterocycles. The van der Waals surface area contributed by atoms with Crippen molar-refractivity contribution >= 4 is 0 Å². The van der Waals surface area contributed by atoms with Gasteiger partial charge in [-0.3, -0.25) is 0 Å². The maximum absolute atomic E-state index is 5.77. The van der Waals surface area contributed by atoms with Gasteiger partial charge < -0.3 is 21.9 Å². The molecule has 0 atom stereocenters. The van der Waals surface area contributed by atoms with E-state index >= 15 is 0 Å². The van der Waals surface area contributed by atoms with Gasteiger partial charge in [-0.25, -0.2) is 9.13 Å². The lowest BCUT2D eigenvalue weighted by Gasteiger charge is -2.03. The molecule has 0 saturated carbocycles. The fourth-order valence-electron chi connectivity index (χ4n) is 3.25. The highest BCUT2D eigenvalue weighted by Gasteiger charge is 2.03. The van der Waals surface area contributed by atoms with Gasteiger partial charge in [-0.05, 0) is 12.8 Å². The van der Waals surface area contributed by atoms with Crippen molar-refractivity contribution in [3.05, 3.63) is 18.7 Å². The molecule has 0 aromatic carbocycles. The molecule has 0 bridgehead atoms. The first kappa shape index (κ1) is 27.4. The average molecular weight is 417 g/mol. The van der Waals surface area contributed by atoms with E-state index in [0.717, 1.165) is 13.2 Å². The summed E-state index contributed by atoms with van der Waals surface area (Å²) in [6.07, 6.45) is 24.8. The van der Waals surface area contributed by atoms with Crippen molar-refractivity contribution in [3.63, 3.8) is 0 Å². The maximum atomic E-state index is 5.77. The summed E-state index contributed by atoms with van der Waals surface area (Å²) in [6, 6.07) is 0. The second-order valence-corrected chi connectivity index (χ2v) is 7.76. The number of rotatable bonds is 20. The van der Waals surface area contributed by atoms with Crippen LogP contribution in [0, 0.1) is 0 Å². The summed E-state index contributed by atoms with van der Waals surface area (Å²) < 4.78 is 15.7. The van der Waals surface area contributed by atoms with Crippen LogP contribution in [0.5, 0.6) is 0 Å². The van der Waals surface area contributed by atoms with Gasteiger partial charge in [0, 0.05) is 0 Å². The van der Waals surface area contributed by atoms with Crippen LogP contribution < -0.4 is 17.0 Å². The number of halogens is 1. The molecule has 1 aromatic heterocycles. The third-order valence-electron chi connectivity index (χ3n) is 5.01. The van der Waals surface area contributed by atoms with E-state index in [1.54, 1.807) is 0 Å². The highest BCUT2D eigenvalue weighted by Crippen LogP contribution is 2.07. The zero-order valence-electron chi connectivity index (χ0n) is 18.5. The minimum absolute atomic E-state index is 0. The van der Waals surface area contributed by atoms with Crippen LogP contribution in [0.4, 0.5) is 0 Å². The first-order valence-corrected chi connectivity index (χ1v) is 11.6. The molecule has 0 aliphatic rings. The summed E-state index contributed by atoms with van der Waals surface area (Å²) in [4.78, 5) is 0. The zero-order chi connectivity index (χ0) is 19.4. The summed E-state index contributed by atoms with van der Waals surface area (Å²) in [5, 5.41) is 0. The lowest BCUT2D eigenvalue weighted by molar-refractivity contribution is -0.732. The summed E-state index contributed by atoms with van der Waals surface area (Å²) in [5.41, 5.74) is 0. The van der Waals surface area contributed by atoms with E-state index in [4.69, 9.17) is 9.47 Å².